The highest BCUT2D eigenvalue weighted by atomic mass is 79.9. The third kappa shape index (κ3) is 5.35. The number of rotatable bonds is 7. The van der Waals surface area contributed by atoms with Crippen LogP contribution in [0.3, 0.4) is 0 Å². The van der Waals surface area contributed by atoms with Crippen LogP contribution >= 0.6 is 15.9 Å². The van der Waals surface area contributed by atoms with E-state index in [2.05, 4.69) is 21.2 Å². The summed E-state index contributed by atoms with van der Waals surface area (Å²) in [5.41, 5.74) is 2.58. The molecule has 3 rings (SSSR count). The van der Waals surface area contributed by atoms with Crippen LogP contribution in [0.2, 0.25) is 0 Å². The minimum Gasteiger partial charge on any atom is -0.490 e. The van der Waals surface area contributed by atoms with E-state index in [1.807, 2.05) is 37.3 Å². The lowest BCUT2D eigenvalue weighted by Crippen LogP contribution is -2.14. The number of aryl methyl sites for hydroxylation is 1. The van der Waals surface area contributed by atoms with Gasteiger partial charge in [-0.25, -0.2) is 4.39 Å². The van der Waals surface area contributed by atoms with Crippen LogP contribution in [0.1, 0.15) is 28.4 Å². The molecule has 0 atom stereocenters. The highest BCUT2D eigenvalue weighted by Gasteiger charge is 2.17. The van der Waals surface area contributed by atoms with E-state index in [0.29, 0.717) is 40.4 Å². The predicted molar refractivity (Wildman–Crippen MR) is 115 cm³/mol. The lowest BCUT2D eigenvalue weighted by Gasteiger charge is -2.16. The van der Waals surface area contributed by atoms with Crippen molar-refractivity contribution >= 4 is 27.5 Å². The summed E-state index contributed by atoms with van der Waals surface area (Å²) in [5, 5.41) is 2.75. The summed E-state index contributed by atoms with van der Waals surface area (Å²) in [6, 6.07) is 17.3. The second kappa shape index (κ2) is 9.56. The maximum absolute atomic E-state index is 13.5. The molecule has 4 nitrogen and oxygen atoms in total. The molecule has 3 aromatic rings. The summed E-state index contributed by atoms with van der Waals surface area (Å²) < 4.78 is 25.7. The number of hydrogen-bond donors (Lipinski definition) is 1. The minimum absolute atomic E-state index is 0.366. The van der Waals surface area contributed by atoms with E-state index in [0.717, 1.165) is 11.1 Å². The molecule has 0 bridgehead atoms. The molecule has 1 N–H and O–H groups in total. The highest BCUT2D eigenvalue weighted by Crippen LogP contribution is 2.37. The van der Waals surface area contributed by atoms with Crippen molar-refractivity contribution in [2.24, 2.45) is 0 Å². The van der Waals surface area contributed by atoms with Crippen LogP contribution in [0.4, 0.5) is 10.1 Å². The fraction of sp³-hybridized carbons (Fsp3) is 0.174. The van der Waals surface area contributed by atoms with Gasteiger partial charge in [0.15, 0.2) is 11.5 Å². The van der Waals surface area contributed by atoms with Crippen molar-refractivity contribution < 1.29 is 18.7 Å². The number of ether oxygens (including phenoxy) is 2. The molecule has 0 radical (unpaired) electrons. The molecule has 3 aromatic carbocycles. The fourth-order valence-electron chi connectivity index (χ4n) is 2.76. The van der Waals surface area contributed by atoms with Crippen molar-refractivity contribution in [1.29, 1.82) is 0 Å². The Balaban J connectivity index is 1.84. The molecular formula is C23H21BrFNO3. The zero-order valence-corrected chi connectivity index (χ0v) is 17.8. The number of hydrogen-bond acceptors (Lipinski definition) is 3. The third-order valence-electron chi connectivity index (χ3n) is 4.25. The summed E-state index contributed by atoms with van der Waals surface area (Å²) >= 11 is 3.48. The van der Waals surface area contributed by atoms with Gasteiger partial charge < -0.3 is 14.8 Å². The number of carbonyl (C=O) groups is 1. The highest BCUT2D eigenvalue weighted by molar-refractivity contribution is 9.10. The van der Waals surface area contributed by atoms with Gasteiger partial charge in [0.25, 0.3) is 5.91 Å². The lowest BCUT2D eigenvalue weighted by atomic mass is 10.1. The first-order valence-corrected chi connectivity index (χ1v) is 9.97. The summed E-state index contributed by atoms with van der Waals surface area (Å²) in [6.07, 6.45) is 0. The van der Waals surface area contributed by atoms with Crippen molar-refractivity contribution in [2.45, 2.75) is 20.5 Å². The van der Waals surface area contributed by atoms with Gasteiger partial charge >= 0.3 is 0 Å². The van der Waals surface area contributed by atoms with Gasteiger partial charge in [-0.05, 0) is 65.2 Å². The first-order chi connectivity index (χ1) is 14.0. The van der Waals surface area contributed by atoms with Crippen LogP contribution < -0.4 is 14.8 Å². The molecule has 29 heavy (non-hydrogen) atoms. The fourth-order valence-corrected chi connectivity index (χ4v) is 3.31. The molecule has 0 saturated heterocycles. The van der Waals surface area contributed by atoms with Gasteiger partial charge in [-0.15, -0.1) is 0 Å². The van der Waals surface area contributed by atoms with E-state index in [1.165, 1.54) is 12.1 Å². The lowest BCUT2D eigenvalue weighted by molar-refractivity contribution is 0.102. The van der Waals surface area contributed by atoms with E-state index in [9.17, 15) is 9.18 Å². The van der Waals surface area contributed by atoms with E-state index in [4.69, 9.17) is 9.47 Å². The molecule has 0 spiro atoms. The second-order valence-electron chi connectivity index (χ2n) is 6.41. The summed E-state index contributed by atoms with van der Waals surface area (Å²) in [5.74, 6) is 0.204. The first-order valence-electron chi connectivity index (χ1n) is 9.18. The Bertz CT molecular complexity index is 1010. The van der Waals surface area contributed by atoms with Crippen LogP contribution in [0.25, 0.3) is 0 Å². The summed E-state index contributed by atoms with van der Waals surface area (Å²) in [6.45, 7) is 4.45. The van der Waals surface area contributed by atoms with Crippen LogP contribution in [0.15, 0.2) is 65.1 Å². The van der Waals surface area contributed by atoms with Gasteiger partial charge in [0.2, 0.25) is 0 Å². The maximum Gasteiger partial charge on any atom is 0.255 e. The Labute approximate surface area is 177 Å². The molecule has 0 unspecified atom stereocenters. The van der Waals surface area contributed by atoms with E-state index >= 15 is 0 Å². The molecule has 0 heterocycles. The predicted octanol–water partition coefficient (Wildman–Crippen LogP) is 6.13. The molecule has 150 valence electrons. The van der Waals surface area contributed by atoms with Gasteiger partial charge in [0.1, 0.15) is 12.4 Å². The first kappa shape index (κ1) is 20.9. The summed E-state index contributed by atoms with van der Waals surface area (Å²) in [4.78, 5) is 12.7. The number of anilines is 1. The Hall–Kier alpha value is -2.86. The van der Waals surface area contributed by atoms with Crippen LogP contribution in [-0.2, 0) is 6.61 Å². The molecule has 0 saturated carbocycles. The van der Waals surface area contributed by atoms with Gasteiger partial charge in [-0.2, -0.15) is 0 Å². The quantitative estimate of drug-likeness (QED) is 0.464. The molecule has 6 heteroatoms. The molecule has 0 aliphatic rings. The average molecular weight is 458 g/mol. The largest absolute Gasteiger partial charge is 0.490 e. The minimum atomic E-state index is -0.410. The average Bonchev–Trinajstić information content (AvgIpc) is 2.71. The van der Waals surface area contributed by atoms with Crippen LogP contribution in [0.5, 0.6) is 11.5 Å². The number of nitrogens with one attached hydrogen (secondary N) is 1. The Morgan fingerprint density at radius 1 is 1.07 bits per heavy atom. The Morgan fingerprint density at radius 3 is 2.55 bits per heavy atom. The monoisotopic (exact) mass is 457 g/mol. The van der Waals surface area contributed by atoms with E-state index in [1.54, 1.807) is 25.1 Å². The number of amides is 1. The van der Waals surface area contributed by atoms with Crippen molar-refractivity contribution in [3.8, 4) is 11.5 Å². The number of benzene rings is 3. The van der Waals surface area contributed by atoms with E-state index in [-0.39, 0.29) is 5.91 Å². The Morgan fingerprint density at radius 2 is 1.83 bits per heavy atom. The third-order valence-corrected chi connectivity index (χ3v) is 4.83. The molecule has 0 aromatic heterocycles. The zero-order chi connectivity index (χ0) is 20.8. The second-order valence-corrected chi connectivity index (χ2v) is 7.26. The number of carbonyl (C=O) groups excluding carboxylic acids is 1. The van der Waals surface area contributed by atoms with Gasteiger partial charge in [-0.3, -0.25) is 4.79 Å². The van der Waals surface area contributed by atoms with Gasteiger partial charge in [-0.1, -0.05) is 36.4 Å². The molecule has 0 aliphatic carbocycles. The van der Waals surface area contributed by atoms with Crippen molar-refractivity contribution in [3.05, 3.63) is 87.6 Å². The smallest absolute Gasteiger partial charge is 0.255 e. The molecular weight excluding hydrogens is 437 g/mol. The molecule has 1 amide bonds. The van der Waals surface area contributed by atoms with Crippen molar-refractivity contribution in [1.82, 2.24) is 0 Å². The van der Waals surface area contributed by atoms with Crippen LogP contribution in [0, 0.1) is 12.7 Å². The topological polar surface area (TPSA) is 47.6 Å². The zero-order valence-electron chi connectivity index (χ0n) is 16.2. The van der Waals surface area contributed by atoms with Crippen molar-refractivity contribution in [3.63, 3.8) is 0 Å². The van der Waals surface area contributed by atoms with Crippen LogP contribution in [-0.4, -0.2) is 12.5 Å². The normalized spacial score (nSPS) is 10.5. The molecule has 0 aliphatic heterocycles. The Kier molecular flexibility index (Phi) is 6.88. The van der Waals surface area contributed by atoms with Gasteiger partial charge in [0, 0.05) is 11.3 Å². The SMILES string of the molecule is CCOc1cc(C(=O)Nc2cc(F)ccc2C)cc(Br)c1OCc1ccccc1. The van der Waals surface area contributed by atoms with Crippen molar-refractivity contribution in [2.75, 3.05) is 11.9 Å². The maximum atomic E-state index is 13.5. The summed E-state index contributed by atoms with van der Waals surface area (Å²) in [7, 11) is 0. The molecule has 0 fully saturated rings. The standard InChI is InChI=1S/C23H21BrFNO3/c1-3-28-21-12-17(23(27)26-20-13-18(25)10-9-15(20)2)11-19(24)22(21)29-14-16-7-5-4-6-8-16/h4-13H,3,14H2,1-2H3,(H,26,27). The number of halogens is 2. The van der Waals surface area contributed by atoms with E-state index < -0.39 is 5.82 Å². The van der Waals surface area contributed by atoms with Gasteiger partial charge in [0.05, 0.1) is 11.1 Å².